The maximum atomic E-state index is 5.27. The van der Waals surface area contributed by atoms with Gasteiger partial charge in [0.1, 0.15) is 0 Å². The summed E-state index contributed by atoms with van der Waals surface area (Å²) in [5, 5.41) is 0. The molecule has 2 aromatic carbocycles. The fourth-order valence-corrected chi connectivity index (χ4v) is 2.29. The molecule has 3 nitrogen and oxygen atoms in total. The average molecular weight is 550 g/mol. The van der Waals surface area contributed by atoms with Crippen LogP contribution < -0.4 is 14.2 Å². The van der Waals surface area contributed by atoms with E-state index >= 15 is 0 Å². The molecule has 0 aliphatic carbocycles. The van der Waals surface area contributed by atoms with E-state index < -0.39 is 0 Å². The first kappa shape index (κ1) is 20.9. The van der Waals surface area contributed by atoms with Crippen LogP contribution in [0.1, 0.15) is 50.7 Å². The summed E-state index contributed by atoms with van der Waals surface area (Å²) in [5.74, 6) is 3.49. The maximum Gasteiger partial charge on any atom is 2.00 e. The first-order valence-corrected chi connectivity index (χ1v) is 7.85. The van der Waals surface area contributed by atoms with Gasteiger partial charge >= 0.3 is 31.1 Å². The quantitative estimate of drug-likeness (QED) is 0.485. The molecule has 0 unspecified atom stereocenters. The Kier molecular flexibility index (Phi) is 8.73. The van der Waals surface area contributed by atoms with Crippen LogP contribution in [0.4, 0.5) is 0 Å². The molecule has 0 fully saturated rings. The zero-order chi connectivity index (χ0) is 16.8. The molecule has 0 saturated heterocycles. The maximum absolute atomic E-state index is 5.27. The largest absolute Gasteiger partial charge is 2.00 e. The van der Waals surface area contributed by atoms with Crippen molar-refractivity contribution >= 4 is 0 Å². The second-order valence-corrected chi connectivity index (χ2v) is 6.02. The summed E-state index contributed by atoms with van der Waals surface area (Å²) >= 11 is 0. The van der Waals surface area contributed by atoms with Crippen molar-refractivity contribution in [3.05, 3.63) is 60.7 Å². The van der Waals surface area contributed by atoms with E-state index in [4.69, 9.17) is 14.2 Å². The van der Waals surface area contributed by atoms with Crippen molar-refractivity contribution in [2.24, 2.45) is 0 Å². The fourth-order valence-electron chi connectivity index (χ4n) is 2.29. The van der Waals surface area contributed by atoms with Crippen LogP contribution in [0, 0.1) is 44.3 Å². The molecule has 0 aromatic heterocycles. The first-order chi connectivity index (χ1) is 11.0. The summed E-state index contributed by atoms with van der Waals surface area (Å²) in [6.07, 6.45) is 0. The van der Waals surface area contributed by atoms with Gasteiger partial charge in [-0.05, 0) is 29.4 Å². The third kappa shape index (κ3) is 5.47. The Morgan fingerprint density at radius 2 is 1.75 bits per heavy atom. The first-order valence-electron chi connectivity index (χ1n) is 7.85. The van der Waals surface area contributed by atoms with E-state index in [9.17, 15) is 0 Å². The minimum absolute atomic E-state index is 0. The van der Waals surface area contributed by atoms with Gasteiger partial charge in [0.05, 0.1) is 0 Å². The van der Waals surface area contributed by atoms with E-state index in [1.165, 1.54) is 5.56 Å². The van der Waals surface area contributed by atoms with Gasteiger partial charge in [-0.25, -0.2) is 0 Å². The summed E-state index contributed by atoms with van der Waals surface area (Å²) in [5.41, 5.74) is 2.45. The van der Waals surface area contributed by atoms with Crippen LogP contribution in [0.25, 0.3) is 0 Å². The van der Waals surface area contributed by atoms with Crippen LogP contribution in [-0.4, -0.2) is 6.79 Å². The zero-order valence-corrected chi connectivity index (χ0v) is 18.9. The van der Waals surface area contributed by atoms with Crippen molar-refractivity contribution in [1.29, 1.82) is 0 Å². The Balaban J connectivity index is 0.000000232. The molecule has 0 bridgehead atoms. The van der Waals surface area contributed by atoms with E-state index in [0.29, 0.717) is 18.6 Å². The predicted molar refractivity (Wildman–Crippen MR) is 92.0 cm³/mol. The summed E-state index contributed by atoms with van der Waals surface area (Å²) in [4.78, 5) is 0. The fraction of sp³-hybridized carbons (Fsp3) is 0.350. The molecule has 0 radical (unpaired) electrons. The molecule has 0 amide bonds. The normalized spacial score (nSPS) is 11.6. The minimum atomic E-state index is 0. The zero-order valence-electron chi connectivity index (χ0n) is 14.8. The monoisotopic (exact) mass is 550 g/mol. The van der Waals surface area contributed by atoms with Gasteiger partial charge in [-0.1, -0.05) is 39.7 Å². The molecule has 126 valence electrons. The Bertz CT molecular complexity index is 639. The van der Waals surface area contributed by atoms with Crippen molar-refractivity contribution in [3.63, 3.8) is 0 Å². The van der Waals surface area contributed by atoms with E-state index in [1.54, 1.807) is 0 Å². The van der Waals surface area contributed by atoms with Crippen LogP contribution in [0.15, 0.2) is 36.4 Å². The van der Waals surface area contributed by atoms with Crippen LogP contribution in [0.3, 0.4) is 0 Å². The molecule has 4 heteroatoms. The van der Waals surface area contributed by atoms with Crippen molar-refractivity contribution in [3.8, 4) is 17.2 Å². The van der Waals surface area contributed by atoms with Crippen LogP contribution in [0.2, 0.25) is 0 Å². The molecule has 3 rings (SSSR count). The summed E-state index contributed by atoms with van der Waals surface area (Å²) < 4.78 is 15.4. The molecule has 1 heterocycles. The minimum Gasteiger partial charge on any atom is -0.683 e. The van der Waals surface area contributed by atoms with Gasteiger partial charge in [0.15, 0.2) is 11.5 Å². The molecule has 0 saturated carbocycles. The predicted octanol–water partition coefficient (Wildman–Crippen LogP) is 5.32. The van der Waals surface area contributed by atoms with E-state index in [1.807, 2.05) is 30.3 Å². The number of hydrogen-bond acceptors (Lipinski definition) is 3. The van der Waals surface area contributed by atoms with Crippen LogP contribution in [0.5, 0.6) is 17.2 Å². The number of ether oxygens (including phenoxy) is 3. The van der Waals surface area contributed by atoms with Gasteiger partial charge in [-0.2, -0.15) is 25.3 Å². The molecule has 0 N–H and O–H groups in total. The second-order valence-electron chi connectivity index (χ2n) is 6.02. The van der Waals surface area contributed by atoms with Crippen LogP contribution >= 0.6 is 0 Å². The molecule has 0 spiro atoms. The van der Waals surface area contributed by atoms with Crippen LogP contribution in [-0.2, 0) is 0 Å². The smallest absolute Gasteiger partial charge is 0.683 e. The number of hydrogen-bond donors (Lipinski definition) is 0. The Labute approximate surface area is 169 Å². The topological polar surface area (TPSA) is 27.7 Å². The summed E-state index contributed by atoms with van der Waals surface area (Å²) in [7, 11) is 3.37. The van der Waals surface area contributed by atoms with Crippen molar-refractivity contribution in [1.82, 2.24) is 0 Å². The number of rotatable bonds is 3. The van der Waals surface area contributed by atoms with Gasteiger partial charge in [0.2, 0.25) is 6.79 Å². The van der Waals surface area contributed by atoms with Crippen molar-refractivity contribution < 1.29 is 45.3 Å². The second kappa shape index (κ2) is 10.0. The molecular weight excluding hydrogens is 526 g/mol. The third-order valence-electron chi connectivity index (χ3n) is 3.68. The Morgan fingerprint density at radius 1 is 1.04 bits per heavy atom. The molecule has 24 heavy (non-hydrogen) atoms. The molecular formula is C20H24O3U. The number of benzene rings is 2. The summed E-state index contributed by atoms with van der Waals surface area (Å²) in [6, 6.07) is 14.9. The standard InChI is InChI=1S/C10H12O2.C10H12O.U/c1-7(2)8-3-4-9-10(5-8)12-6-11-9;1-8(2)9-6-4-5-7-10(9)11-3;/h3-5,7H,6H2,1-2H3;4-6,8H,3H2,1-2H3;/q;-2;+2. The number of fused-ring (bicyclic) bond motifs is 1. The summed E-state index contributed by atoms with van der Waals surface area (Å²) in [6.45, 7) is 8.92. The Morgan fingerprint density at radius 3 is 2.33 bits per heavy atom. The van der Waals surface area contributed by atoms with Gasteiger partial charge in [-0.3, -0.25) is 0 Å². The molecule has 1 aliphatic rings. The third-order valence-corrected chi connectivity index (χ3v) is 3.68. The Hall–Kier alpha value is -1.11. The van der Waals surface area contributed by atoms with Gasteiger partial charge in [-0.15, -0.1) is 11.6 Å². The van der Waals surface area contributed by atoms with E-state index in [2.05, 4.69) is 46.9 Å². The van der Waals surface area contributed by atoms with Crippen molar-refractivity contribution in [2.75, 3.05) is 6.79 Å². The van der Waals surface area contributed by atoms with Gasteiger partial charge in [0, 0.05) is 0 Å². The van der Waals surface area contributed by atoms with E-state index in [-0.39, 0.29) is 31.1 Å². The SMILES string of the molecule is CC(C)c1ccc2c(c1)OCO2.[CH2-]Oc1[c-]cccc1C(C)C.[U+2]. The molecule has 2 aromatic rings. The number of para-hydroxylation sites is 1. The average Bonchev–Trinajstić information content (AvgIpc) is 3.02. The van der Waals surface area contributed by atoms with Gasteiger partial charge in [0.25, 0.3) is 0 Å². The van der Waals surface area contributed by atoms with Crippen molar-refractivity contribution in [2.45, 2.75) is 39.5 Å². The van der Waals surface area contributed by atoms with Gasteiger partial charge < -0.3 is 14.2 Å². The molecule has 1 aliphatic heterocycles. The molecule has 0 atom stereocenters. The van der Waals surface area contributed by atoms with E-state index in [0.717, 1.165) is 22.8 Å².